The minimum atomic E-state index is -1.17. The van der Waals surface area contributed by atoms with E-state index in [1.165, 1.54) is 25.4 Å². The van der Waals surface area contributed by atoms with Crippen LogP contribution in [0.3, 0.4) is 0 Å². The zero-order valence-corrected chi connectivity index (χ0v) is 15.9. The van der Waals surface area contributed by atoms with Gasteiger partial charge in [0.15, 0.2) is 0 Å². The fraction of sp³-hybridized carbons (Fsp3) is 0.100. The summed E-state index contributed by atoms with van der Waals surface area (Å²) in [6.45, 7) is 1.37. The largest absolute Gasteiger partial charge is 0.384 e. The van der Waals surface area contributed by atoms with Crippen LogP contribution in [-0.2, 0) is 4.79 Å². The van der Waals surface area contributed by atoms with E-state index in [-0.39, 0.29) is 5.82 Å². The highest BCUT2D eigenvalue weighted by atomic mass is 35.5. The molecule has 0 aliphatic rings. The normalized spacial score (nSPS) is 12.1. The molecule has 146 valence electrons. The molecule has 0 saturated carbocycles. The van der Waals surface area contributed by atoms with Crippen molar-refractivity contribution in [2.45, 2.75) is 13.0 Å². The maximum atomic E-state index is 13.4. The van der Waals surface area contributed by atoms with E-state index in [2.05, 4.69) is 25.3 Å². The zero-order valence-electron chi connectivity index (χ0n) is 15.1. The molecule has 1 amide bonds. The number of aromatic amines is 1. The summed E-state index contributed by atoms with van der Waals surface area (Å²) in [7, 11) is 0. The molecule has 0 bridgehead atoms. The van der Waals surface area contributed by atoms with Gasteiger partial charge in [0.2, 0.25) is 0 Å². The van der Waals surface area contributed by atoms with E-state index >= 15 is 0 Å². The van der Waals surface area contributed by atoms with Crippen LogP contribution in [-0.4, -0.2) is 37.1 Å². The highest BCUT2D eigenvalue weighted by Crippen LogP contribution is 2.37. The molecule has 3 N–H and O–H groups in total. The number of hydrogen-bond donors (Lipinski definition) is 3. The van der Waals surface area contributed by atoms with Gasteiger partial charge in [-0.2, -0.15) is 0 Å². The smallest absolute Gasteiger partial charge is 0.254 e. The van der Waals surface area contributed by atoms with Crippen molar-refractivity contribution >= 4 is 34.4 Å². The van der Waals surface area contributed by atoms with Crippen molar-refractivity contribution in [1.82, 2.24) is 19.9 Å². The lowest BCUT2D eigenvalue weighted by atomic mass is 10.0. The molecule has 0 saturated heterocycles. The summed E-state index contributed by atoms with van der Waals surface area (Å²) in [6.07, 6.45) is 3.02. The molecule has 4 aromatic heterocycles. The van der Waals surface area contributed by atoms with Gasteiger partial charge in [-0.25, -0.2) is 9.37 Å². The first-order chi connectivity index (χ1) is 13.9. The fourth-order valence-electron chi connectivity index (χ4n) is 2.92. The minimum absolute atomic E-state index is 0.274. The molecule has 7 nitrogen and oxygen atoms in total. The molecule has 0 spiro atoms. The fourth-order valence-corrected chi connectivity index (χ4v) is 3.08. The number of hydrogen-bond acceptors (Lipinski definition) is 5. The molecular weight excluding hydrogens is 397 g/mol. The third-order valence-corrected chi connectivity index (χ3v) is 4.47. The second kappa shape index (κ2) is 7.57. The molecule has 4 aromatic rings. The Morgan fingerprint density at radius 1 is 1.21 bits per heavy atom. The van der Waals surface area contributed by atoms with E-state index in [4.69, 9.17) is 11.6 Å². The van der Waals surface area contributed by atoms with Crippen LogP contribution in [0.1, 0.15) is 6.92 Å². The van der Waals surface area contributed by atoms with Gasteiger partial charge in [0.05, 0.1) is 39.2 Å². The summed E-state index contributed by atoms with van der Waals surface area (Å²) in [5, 5.41) is 12.4. The lowest BCUT2D eigenvalue weighted by Gasteiger charge is -2.09. The van der Waals surface area contributed by atoms with Gasteiger partial charge in [0, 0.05) is 18.0 Å². The van der Waals surface area contributed by atoms with Gasteiger partial charge >= 0.3 is 0 Å². The number of aromatic nitrogens is 4. The number of anilines is 1. The summed E-state index contributed by atoms with van der Waals surface area (Å²) in [4.78, 5) is 27.7. The molecule has 1 atom stereocenters. The Hall–Kier alpha value is -3.36. The summed E-state index contributed by atoms with van der Waals surface area (Å²) in [5.74, 6) is -0.741. The number of rotatable bonds is 4. The van der Waals surface area contributed by atoms with E-state index in [1.807, 2.05) is 0 Å². The summed E-state index contributed by atoms with van der Waals surface area (Å²) < 4.78 is 13.4. The Morgan fingerprint density at radius 3 is 2.76 bits per heavy atom. The van der Waals surface area contributed by atoms with Crippen molar-refractivity contribution in [2.75, 3.05) is 5.32 Å². The predicted octanol–water partition coefficient (Wildman–Crippen LogP) is 3.80. The number of amides is 1. The third-order valence-electron chi connectivity index (χ3n) is 4.26. The van der Waals surface area contributed by atoms with Gasteiger partial charge in [-0.05, 0) is 37.3 Å². The first kappa shape index (κ1) is 19.0. The first-order valence-electron chi connectivity index (χ1n) is 8.67. The summed E-state index contributed by atoms with van der Waals surface area (Å²) in [5.41, 5.74) is 3.83. The van der Waals surface area contributed by atoms with Crippen molar-refractivity contribution in [3.05, 3.63) is 59.8 Å². The molecule has 0 aliphatic carbocycles. The maximum absolute atomic E-state index is 13.4. The van der Waals surface area contributed by atoms with Gasteiger partial charge in [-0.1, -0.05) is 11.6 Å². The molecule has 29 heavy (non-hydrogen) atoms. The Kier molecular flexibility index (Phi) is 4.96. The Bertz CT molecular complexity index is 1210. The molecule has 0 radical (unpaired) electrons. The van der Waals surface area contributed by atoms with Crippen molar-refractivity contribution < 1.29 is 14.3 Å². The molecule has 4 rings (SSSR count). The topological polar surface area (TPSA) is 104 Å². The number of aliphatic hydroxyl groups is 1. The number of nitrogens with one attached hydrogen (secondary N) is 2. The molecule has 0 unspecified atom stereocenters. The lowest BCUT2D eigenvalue weighted by Crippen LogP contribution is -2.24. The molecular formula is C20H15ClFN5O2. The minimum Gasteiger partial charge on any atom is -0.384 e. The average Bonchev–Trinajstić information content (AvgIpc) is 3.07. The average molecular weight is 412 g/mol. The number of halogens is 2. The SMILES string of the molecule is C[C@H](O)C(=O)Nc1cc(-c2[nH]c3cc(Cl)cnc3c2-c2ccc(F)cn2)ccn1. The first-order valence-corrected chi connectivity index (χ1v) is 9.04. The van der Waals surface area contributed by atoms with Gasteiger partial charge in [-0.15, -0.1) is 0 Å². The number of nitrogens with zero attached hydrogens (tertiary/aromatic N) is 3. The maximum Gasteiger partial charge on any atom is 0.254 e. The second-order valence-corrected chi connectivity index (χ2v) is 6.82. The Balaban J connectivity index is 1.88. The number of carbonyl (C=O) groups excluding carboxylic acids is 1. The van der Waals surface area contributed by atoms with Crippen LogP contribution in [0.15, 0.2) is 48.9 Å². The number of pyridine rings is 3. The van der Waals surface area contributed by atoms with Crippen molar-refractivity contribution in [3.63, 3.8) is 0 Å². The van der Waals surface area contributed by atoms with Gasteiger partial charge in [0.25, 0.3) is 5.91 Å². The van der Waals surface area contributed by atoms with Crippen LogP contribution in [0.5, 0.6) is 0 Å². The second-order valence-electron chi connectivity index (χ2n) is 6.38. The van der Waals surface area contributed by atoms with Gasteiger partial charge in [0.1, 0.15) is 17.7 Å². The van der Waals surface area contributed by atoms with Crippen LogP contribution in [0.4, 0.5) is 10.2 Å². The van der Waals surface area contributed by atoms with Gasteiger partial charge in [-0.3, -0.25) is 14.8 Å². The predicted molar refractivity (Wildman–Crippen MR) is 108 cm³/mol. The van der Waals surface area contributed by atoms with Crippen LogP contribution in [0, 0.1) is 5.82 Å². The molecule has 0 fully saturated rings. The molecule has 9 heteroatoms. The molecule has 4 heterocycles. The number of aliphatic hydroxyl groups excluding tert-OH is 1. The lowest BCUT2D eigenvalue weighted by molar-refractivity contribution is -0.123. The summed E-state index contributed by atoms with van der Waals surface area (Å²) in [6, 6.07) is 8.02. The van der Waals surface area contributed by atoms with Crippen LogP contribution >= 0.6 is 11.6 Å². The Labute approximate surface area is 169 Å². The Morgan fingerprint density at radius 2 is 2.03 bits per heavy atom. The van der Waals surface area contributed by atoms with Gasteiger partial charge < -0.3 is 15.4 Å². The third kappa shape index (κ3) is 3.80. The van der Waals surface area contributed by atoms with E-state index in [0.717, 1.165) is 6.20 Å². The zero-order chi connectivity index (χ0) is 20.5. The van der Waals surface area contributed by atoms with E-state index in [9.17, 15) is 14.3 Å². The summed E-state index contributed by atoms with van der Waals surface area (Å²) >= 11 is 6.08. The van der Waals surface area contributed by atoms with Crippen LogP contribution in [0.2, 0.25) is 5.02 Å². The van der Waals surface area contributed by atoms with Crippen molar-refractivity contribution in [1.29, 1.82) is 0 Å². The van der Waals surface area contributed by atoms with Crippen LogP contribution < -0.4 is 5.32 Å². The van der Waals surface area contributed by atoms with Crippen molar-refractivity contribution in [3.8, 4) is 22.5 Å². The quantitative estimate of drug-likeness (QED) is 0.474. The van der Waals surface area contributed by atoms with Crippen LogP contribution in [0.25, 0.3) is 33.5 Å². The molecule has 0 aliphatic heterocycles. The standard InChI is InChI=1S/C20H15ClFN5O2/c1-10(28)20(29)27-16-6-11(4-5-23-16)18-17(14-3-2-13(22)9-24-14)19-15(26-18)7-12(21)8-25-19/h2-10,26,28H,1H3,(H,23,27,29)/t10-/m0/s1. The van der Waals surface area contributed by atoms with E-state index in [1.54, 1.807) is 24.3 Å². The van der Waals surface area contributed by atoms with Crippen molar-refractivity contribution in [2.24, 2.45) is 0 Å². The van der Waals surface area contributed by atoms with E-state index in [0.29, 0.717) is 38.6 Å². The van der Waals surface area contributed by atoms with E-state index < -0.39 is 17.8 Å². The highest BCUT2D eigenvalue weighted by Gasteiger charge is 2.19. The highest BCUT2D eigenvalue weighted by molar-refractivity contribution is 6.31. The molecule has 0 aromatic carbocycles. The number of fused-ring (bicyclic) bond motifs is 1. The monoisotopic (exact) mass is 411 g/mol. The number of carbonyl (C=O) groups is 1. The number of H-pyrrole nitrogens is 1.